The van der Waals surface area contributed by atoms with Crippen LogP contribution in [0.5, 0.6) is 11.5 Å². The predicted octanol–water partition coefficient (Wildman–Crippen LogP) is 5.98. The van der Waals surface area contributed by atoms with Crippen molar-refractivity contribution < 1.29 is 9.57 Å². The van der Waals surface area contributed by atoms with Crippen LogP contribution in [0.3, 0.4) is 0 Å². The van der Waals surface area contributed by atoms with E-state index in [2.05, 4.69) is 40.6 Å². The molecule has 2 N–H and O–H groups in total. The van der Waals surface area contributed by atoms with Gasteiger partial charge in [0.2, 0.25) is 0 Å². The van der Waals surface area contributed by atoms with Gasteiger partial charge in [0.15, 0.2) is 0 Å². The van der Waals surface area contributed by atoms with Crippen LogP contribution in [-0.2, 0) is 6.42 Å². The normalized spacial score (nSPS) is 15.6. The number of ether oxygens (including phenoxy) is 1. The number of halogens is 1. The lowest BCUT2D eigenvalue weighted by molar-refractivity contribution is -0.0233. The molecule has 4 aromatic rings. The van der Waals surface area contributed by atoms with Crippen molar-refractivity contribution in [2.24, 2.45) is 0 Å². The second-order valence-corrected chi connectivity index (χ2v) is 8.87. The number of H-pyrrole nitrogens is 1. The van der Waals surface area contributed by atoms with E-state index in [9.17, 15) is 0 Å². The fraction of sp³-hybridized carbons (Fsp3) is 0.214. The van der Waals surface area contributed by atoms with E-state index in [1.807, 2.05) is 54.6 Å². The van der Waals surface area contributed by atoms with Crippen LogP contribution in [0, 0.1) is 19.3 Å². The lowest BCUT2D eigenvalue weighted by Gasteiger charge is -2.35. The van der Waals surface area contributed by atoms with E-state index < -0.39 is 0 Å². The second kappa shape index (κ2) is 9.82. The van der Waals surface area contributed by atoms with Crippen LogP contribution in [-0.4, -0.2) is 23.1 Å². The average Bonchev–Trinajstić information content (AvgIpc) is 3.22. The first-order valence-corrected chi connectivity index (χ1v) is 11.7. The molecule has 34 heavy (non-hydrogen) atoms. The van der Waals surface area contributed by atoms with E-state index in [1.165, 1.54) is 16.5 Å². The zero-order valence-corrected chi connectivity index (χ0v) is 19.7. The summed E-state index contributed by atoms with van der Waals surface area (Å²) in [6, 6.07) is 22.0. The number of fused-ring (bicyclic) bond motifs is 3. The first kappa shape index (κ1) is 22.4. The quantitative estimate of drug-likeness (QED) is 0.198. The second-order valence-electron chi connectivity index (χ2n) is 8.43. The minimum absolute atomic E-state index is 0.0832. The number of aromatic nitrogens is 1. The van der Waals surface area contributed by atoms with Gasteiger partial charge in [-0.05, 0) is 66.9 Å². The van der Waals surface area contributed by atoms with Gasteiger partial charge in [-0.25, -0.2) is 0 Å². The van der Waals surface area contributed by atoms with Crippen molar-refractivity contribution in [1.29, 1.82) is 0 Å². The Morgan fingerprint density at radius 2 is 1.85 bits per heavy atom. The van der Waals surface area contributed by atoms with Gasteiger partial charge in [0.05, 0.1) is 12.6 Å². The molecule has 3 aromatic carbocycles. The summed E-state index contributed by atoms with van der Waals surface area (Å²) in [6.45, 7) is 3.33. The van der Waals surface area contributed by atoms with Gasteiger partial charge < -0.3 is 14.6 Å². The summed E-state index contributed by atoms with van der Waals surface area (Å²) in [7, 11) is 0. The van der Waals surface area contributed by atoms with E-state index in [0.717, 1.165) is 46.3 Å². The number of terminal acetylenes is 1. The molecule has 1 aliphatic heterocycles. The molecule has 0 amide bonds. The summed E-state index contributed by atoms with van der Waals surface area (Å²) >= 11 is 6.32. The molecule has 0 aliphatic carbocycles. The Balaban J connectivity index is 1.47. The third kappa shape index (κ3) is 4.62. The van der Waals surface area contributed by atoms with Crippen LogP contribution in [0.2, 0.25) is 5.02 Å². The predicted molar refractivity (Wildman–Crippen MR) is 136 cm³/mol. The summed E-state index contributed by atoms with van der Waals surface area (Å²) < 4.78 is 5.74. The molecule has 1 unspecified atom stereocenters. The highest BCUT2D eigenvalue weighted by Crippen LogP contribution is 2.38. The number of nitrogens with one attached hydrogen (secondary N) is 2. The van der Waals surface area contributed by atoms with Crippen molar-refractivity contribution in [2.75, 3.05) is 13.2 Å². The van der Waals surface area contributed by atoms with Crippen molar-refractivity contribution >= 4 is 22.5 Å². The van der Waals surface area contributed by atoms with Gasteiger partial charge in [0.25, 0.3) is 0 Å². The lowest BCUT2D eigenvalue weighted by Crippen LogP contribution is -2.47. The molecule has 1 atom stereocenters. The van der Waals surface area contributed by atoms with E-state index in [0.29, 0.717) is 13.0 Å². The van der Waals surface area contributed by atoms with Crippen LogP contribution >= 0.6 is 11.6 Å². The van der Waals surface area contributed by atoms with Gasteiger partial charge in [-0.2, -0.15) is 5.01 Å². The standard InChI is InChI=1S/C28H26ClN3O2/c1-3-4-17-33-22-12-7-20(8-13-22)28-27-24(25-18-21(29)9-14-26(25)30-27)15-16-32(28)31-34-23-10-5-19(2)6-11-23/h1,5-14,18,28,30-31H,4,15-17H2,2H3. The summed E-state index contributed by atoms with van der Waals surface area (Å²) in [4.78, 5) is 9.58. The van der Waals surface area contributed by atoms with Crippen LogP contribution in [0.25, 0.3) is 10.9 Å². The first-order chi connectivity index (χ1) is 16.6. The maximum absolute atomic E-state index is 6.32. The molecule has 5 nitrogen and oxygen atoms in total. The zero-order chi connectivity index (χ0) is 23.5. The minimum Gasteiger partial charge on any atom is -0.493 e. The van der Waals surface area contributed by atoms with Gasteiger partial charge in [-0.3, -0.25) is 0 Å². The third-order valence-electron chi connectivity index (χ3n) is 6.10. The van der Waals surface area contributed by atoms with Crippen molar-refractivity contribution in [3.8, 4) is 23.8 Å². The molecule has 0 fully saturated rings. The van der Waals surface area contributed by atoms with Gasteiger partial charge in [0, 0.05) is 34.6 Å². The van der Waals surface area contributed by atoms with Gasteiger partial charge >= 0.3 is 0 Å². The zero-order valence-electron chi connectivity index (χ0n) is 19.0. The molecule has 6 heteroatoms. The minimum atomic E-state index is -0.0832. The van der Waals surface area contributed by atoms with Gasteiger partial charge in [0.1, 0.15) is 11.5 Å². The van der Waals surface area contributed by atoms with Crippen molar-refractivity contribution in [3.63, 3.8) is 0 Å². The highest BCUT2D eigenvalue weighted by atomic mass is 35.5. The topological polar surface area (TPSA) is 49.5 Å². The van der Waals surface area contributed by atoms with Crippen molar-refractivity contribution in [2.45, 2.75) is 25.8 Å². The maximum Gasteiger partial charge on any atom is 0.149 e. The summed E-state index contributed by atoms with van der Waals surface area (Å²) in [5.74, 6) is 4.16. The highest BCUT2D eigenvalue weighted by molar-refractivity contribution is 6.31. The molecule has 1 aliphatic rings. The lowest BCUT2D eigenvalue weighted by atomic mass is 9.93. The molecular formula is C28H26ClN3O2. The largest absolute Gasteiger partial charge is 0.493 e. The smallest absolute Gasteiger partial charge is 0.149 e. The Bertz CT molecular complexity index is 1320. The van der Waals surface area contributed by atoms with Gasteiger partial charge in [-0.1, -0.05) is 47.0 Å². The number of hydrogen-bond donors (Lipinski definition) is 2. The van der Waals surface area contributed by atoms with Crippen LogP contribution in [0.1, 0.15) is 34.8 Å². The number of aryl methyl sites for hydroxylation is 1. The average molecular weight is 472 g/mol. The fourth-order valence-corrected chi connectivity index (χ4v) is 4.57. The van der Waals surface area contributed by atoms with Crippen LogP contribution in [0.4, 0.5) is 0 Å². The number of nitrogens with zero attached hydrogens (tertiary/aromatic N) is 1. The molecular weight excluding hydrogens is 446 g/mol. The molecule has 5 rings (SSSR count). The maximum atomic E-state index is 6.32. The Morgan fingerprint density at radius 3 is 2.62 bits per heavy atom. The number of benzene rings is 3. The fourth-order valence-electron chi connectivity index (χ4n) is 4.40. The molecule has 1 aromatic heterocycles. The van der Waals surface area contributed by atoms with Crippen molar-refractivity contribution in [3.05, 3.63) is 94.1 Å². The highest BCUT2D eigenvalue weighted by Gasteiger charge is 2.32. The van der Waals surface area contributed by atoms with E-state index in [-0.39, 0.29) is 6.04 Å². The summed E-state index contributed by atoms with van der Waals surface area (Å²) in [6.07, 6.45) is 6.78. The Kier molecular flexibility index (Phi) is 6.46. The molecule has 0 spiro atoms. The van der Waals surface area contributed by atoms with Crippen molar-refractivity contribution in [1.82, 2.24) is 15.6 Å². The number of hydrazine groups is 1. The van der Waals surface area contributed by atoms with E-state index in [4.69, 9.17) is 27.6 Å². The molecule has 0 saturated carbocycles. The molecule has 0 radical (unpaired) electrons. The Morgan fingerprint density at radius 1 is 1.09 bits per heavy atom. The summed E-state index contributed by atoms with van der Waals surface area (Å²) in [5.41, 5.74) is 8.99. The summed E-state index contributed by atoms with van der Waals surface area (Å²) in [5, 5.41) is 4.02. The number of rotatable bonds is 7. The molecule has 172 valence electrons. The number of aromatic amines is 1. The number of hydrogen-bond acceptors (Lipinski definition) is 4. The molecule has 0 saturated heterocycles. The Hall–Kier alpha value is -3.43. The third-order valence-corrected chi connectivity index (χ3v) is 6.34. The molecule has 2 heterocycles. The van der Waals surface area contributed by atoms with Gasteiger partial charge in [-0.15, -0.1) is 12.3 Å². The van der Waals surface area contributed by atoms with E-state index >= 15 is 0 Å². The Labute approximate surface area is 204 Å². The van der Waals surface area contributed by atoms with Crippen LogP contribution in [0.15, 0.2) is 66.7 Å². The van der Waals surface area contributed by atoms with E-state index in [1.54, 1.807) is 0 Å². The molecule has 0 bridgehead atoms. The first-order valence-electron chi connectivity index (χ1n) is 11.3. The van der Waals surface area contributed by atoms with Crippen LogP contribution < -0.4 is 15.2 Å². The monoisotopic (exact) mass is 471 g/mol. The SMILES string of the molecule is C#CCCOc1ccc(C2c3[nH]c4ccc(Cl)cc4c3CCN2NOc2ccc(C)cc2)cc1.